The smallest absolute Gasteiger partial charge is 0.244 e. The van der Waals surface area contributed by atoms with Crippen molar-refractivity contribution in [3.63, 3.8) is 0 Å². The molecule has 232 valence electrons. The Morgan fingerprint density at radius 1 is 0.837 bits per heavy atom. The molecule has 1 N–H and O–H groups in total. The summed E-state index contributed by atoms with van der Waals surface area (Å²) in [5.74, 6) is -0.897. The average Bonchev–Trinajstić information content (AvgIpc) is 2.89. The number of carbonyl (C=O) groups is 2. The van der Waals surface area contributed by atoms with Gasteiger partial charge in [0.25, 0.3) is 0 Å². The third-order valence-corrected chi connectivity index (χ3v) is 8.69. The molecule has 0 spiro atoms. The van der Waals surface area contributed by atoms with Gasteiger partial charge in [-0.2, -0.15) is 0 Å². The zero-order chi connectivity index (χ0) is 32.2. The molecule has 7 nitrogen and oxygen atoms in total. The van der Waals surface area contributed by atoms with Gasteiger partial charge < -0.3 is 10.2 Å². The van der Waals surface area contributed by atoms with Gasteiger partial charge in [-0.15, -0.1) is 0 Å². The minimum Gasteiger partial charge on any atom is -0.350 e. The van der Waals surface area contributed by atoms with Gasteiger partial charge in [0.1, 0.15) is 12.6 Å². The molecule has 0 fully saturated rings. The molecule has 0 saturated carbocycles. The lowest BCUT2D eigenvalue weighted by Gasteiger charge is -2.35. The van der Waals surface area contributed by atoms with Crippen LogP contribution in [0.15, 0.2) is 72.8 Å². The molecule has 3 aromatic carbocycles. The number of nitrogens with one attached hydrogen (secondary N) is 1. The van der Waals surface area contributed by atoms with Crippen LogP contribution in [0.5, 0.6) is 0 Å². The van der Waals surface area contributed by atoms with E-state index in [1.807, 2.05) is 63.2 Å². The summed E-state index contributed by atoms with van der Waals surface area (Å²) in [6.07, 6.45) is 1.28. The van der Waals surface area contributed by atoms with Gasteiger partial charge >= 0.3 is 0 Å². The van der Waals surface area contributed by atoms with Gasteiger partial charge in [-0.1, -0.05) is 92.5 Å². The zero-order valence-electron chi connectivity index (χ0n) is 25.8. The number of carbonyl (C=O) groups excluding carboxylic acids is 2. The molecule has 2 amide bonds. The lowest BCUT2D eigenvalue weighted by molar-refractivity contribution is -0.140. The van der Waals surface area contributed by atoms with Crippen molar-refractivity contribution in [1.29, 1.82) is 0 Å². The van der Waals surface area contributed by atoms with E-state index < -0.39 is 34.1 Å². The molecule has 0 bridgehead atoms. The first-order chi connectivity index (χ1) is 19.8. The second kappa shape index (κ2) is 13.7. The van der Waals surface area contributed by atoms with Crippen molar-refractivity contribution in [3.8, 4) is 0 Å². The second-order valence-corrected chi connectivity index (χ2v) is 15.5. The summed E-state index contributed by atoms with van der Waals surface area (Å²) in [7, 11) is -3.87. The van der Waals surface area contributed by atoms with Crippen LogP contribution in [0.2, 0.25) is 10.0 Å². The minimum atomic E-state index is -3.87. The predicted octanol–water partition coefficient (Wildman–Crippen LogP) is 6.61. The van der Waals surface area contributed by atoms with Crippen LogP contribution in [0.3, 0.4) is 0 Å². The fraction of sp³-hybridized carbons (Fsp3) is 0.394. The van der Waals surface area contributed by atoms with Crippen LogP contribution in [-0.4, -0.2) is 49.5 Å². The maximum Gasteiger partial charge on any atom is 0.244 e. The molecule has 0 radical (unpaired) electrons. The first-order valence-electron chi connectivity index (χ1n) is 14.0. The summed E-state index contributed by atoms with van der Waals surface area (Å²) in [4.78, 5) is 29.5. The molecular weight excluding hydrogens is 605 g/mol. The number of hydrogen-bond donors (Lipinski definition) is 1. The Hall–Kier alpha value is -3.07. The highest BCUT2D eigenvalue weighted by molar-refractivity contribution is 7.92. The topological polar surface area (TPSA) is 86.8 Å². The molecule has 0 aliphatic carbocycles. The summed E-state index contributed by atoms with van der Waals surface area (Å²) >= 11 is 12.5. The maximum absolute atomic E-state index is 14.2. The molecule has 43 heavy (non-hydrogen) atoms. The Labute approximate surface area is 266 Å². The van der Waals surface area contributed by atoms with E-state index in [4.69, 9.17) is 23.2 Å². The number of rotatable bonds is 10. The second-order valence-electron chi connectivity index (χ2n) is 12.8. The largest absolute Gasteiger partial charge is 0.350 e. The number of amides is 2. The van der Waals surface area contributed by atoms with Crippen molar-refractivity contribution in [2.45, 2.75) is 71.5 Å². The molecule has 10 heteroatoms. The number of hydrogen-bond acceptors (Lipinski definition) is 4. The van der Waals surface area contributed by atoms with Crippen LogP contribution >= 0.6 is 23.2 Å². The van der Waals surface area contributed by atoms with E-state index in [-0.39, 0.29) is 24.3 Å². The Morgan fingerprint density at radius 3 is 1.95 bits per heavy atom. The Balaban J connectivity index is 2.09. The third-order valence-electron chi connectivity index (χ3n) is 6.81. The van der Waals surface area contributed by atoms with Crippen LogP contribution in [0, 0.1) is 0 Å². The van der Waals surface area contributed by atoms with Gasteiger partial charge in [0.15, 0.2) is 0 Å². The van der Waals surface area contributed by atoms with E-state index in [1.54, 1.807) is 30.3 Å². The summed E-state index contributed by atoms with van der Waals surface area (Å²) in [5.41, 5.74) is 2.17. The molecule has 0 saturated heterocycles. The number of nitrogens with zero attached hydrogens (tertiary/aromatic N) is 2. The number of sulfonamides is 1. The van der Waals surface area contributed by atoms with Crippen molar-refractivity contribution in [3.05, 3.63) is 99.5 Å². The van der Waals surface area contributed by atoms with Crippen LogP contribution in [0.25, 0.3) is 0 Å². The fourth-order valence-corrected chi connectivity index (χ4v) is 5.75. The van der Waals surface area contributed by atoms with Crippen LogP contribution in [-0.2, 0) is 38.0 Å². The molecule has 0 aromatic heterocycles. The highest BCUT2D eigenvalue weighted by atomic mass is 35.5. The third kappa shape index (κ3) is 9.98. The van der Waals surface area contributed by atoms with E-state index >= 15 is 0 Å². The van der Waals surface area contributed by atoms with Crippen molar-refractivity contribution in [1.82, 2.24) is 10.2 Å². The van der Waals surface area contributed by atoms with Crippen LogP contribution in [0.1, 0.15) is 58.2 Å². The molecule has 0 heterocycles. The normalized spacial score (nSPS) is 12.9. The Kier molecular flexibility index (Phi) is 11.0. The van der Waals surface area contributed by atoms with E-state index in [1.165, 1.54) is 4.90 Å². The van der Waals surface area contributed by atoms with Crippen LogP contribution < -0.4 is 9.62 Å². The Morgan fingerprint density at radius 2 is 1.44 bits per heavy atom. The summed E-state index contributed by atoms with van der Waals surface area (Å²) in [5, 5.41) is 3.67. The molecule has 1 atom stereocenters. The molecule has 3 aromatic rings. The molecule has 3 rings (SSSR count). The monoisotopic (exact) mass is 645 g/mol. The summed E-state index contributed by atoms with van der Waals surface area (Å²) < 4.78 is 27.2. The van der Waals surface area contributed by atoms with Crippen LogP contribution in [0.4, 0.5) is 5.69 Å². The number of halogens is 2. The lowest BCUT2D eigenvalue weighted by Crippen LogP contribution is -2.56. The van der Waals surface area contributed by atoms with E-state index in [2.05, 4.69) is 26.1 Å². The highest BCUT2D eigenvalue weighted by Crippen LogP contribution is 2.27. The molecule has 0 aliphatic heterocycles. The van der Waals surface area contributed by atoms with Crippen molar-refractivity contribution < 1.29 is 18.0 Å². The Bertz CT molecular complexity index is 1530. The first-order valence-corrected chi connectivity index (χ1v) is 16.6. The predicted molar refractivity (Wildman–Crippen MR) is 176 cm³/mol. The average molecular weight is 647 g/mol. The zero-order valence-corrected chi connectivity index (χ0v) is 28.1. The highest BCUT2D eigenvalue weighted by Gasteiger charge is 2.34. The van der Waals surface area contributed by atoms with Crippen molar-refractivity contribution in [2.75, 3.05) is 17.1 Å². The van der Waals surface area contributed by atoms with Gasteiger partial charge in [0, 0.05) is 18.5 Å². The van der Waals surface area contributed by atoms with Crippen molar-refractivity contribution >= 4 is 50.7 Å². The van der Waals surface area contributed by atoms with Gasteiger partial charge in [-0.05, 0) is 67.1 Å². The van der Waals surface area contributed by atoms with Crippen molar-refractivity contribution in [2.24, 2.45) is 0 Å². The lowest BCUT2D eigenvalue weighted by atomic mass is 9.87. The van der Waals surface area contributed by atoms with Gasteiger partial charge in [-0.25, -0.2) is 8.42 Å². The molecule has 0 aliphatic rings. The van der Waals surface area contributed by atoms with E-state index in [0.717, 1.165) is 21.7 Å². The maximum atomic E-state index is 14.2. The standard InChI is InChI=1S/C33H41Cl2N3O4S/c1-32(2,3)25-14-16-26(17-15-25)38(43(7,41)42)22-30(39)37(21-24-13-18-27(34)28(35)19-24)29(31(40)36-33(4,5)6)20-23-11-9-8-10-12-23/h8-19,29H,20-22H2,1-7H3,(H,36,40)/t29-/m0/s1. The SMILES string of the molecule is CC(C)(C)NC(=O)[C@H](Cc1ccccc1)N(Cc1ccc(Cl)c(Cl)c1)C(=O)CN(c1ccc(C(C)(C)C)cc1)S(C)(=O)=O. The van der Waals surface area contributed by atoms with E-state index in [9.17, 15) is 18.0 Å². The number of anilines is 1. The number of benzene rings is 3. The first kappa shape index (κ1) is 34.4. The quantitative estimate of drug-likeness (QED) is 0.269. The summed E-state index contributed by atoms with van der Waals surface area (Å²) in [6, 6.07) is 20.6. The van der Waals surface area contributed by atoms with Gasteiger partial charge in [0.2, 0.25) is 21.8 Å². The minimum absolute atomic E-state index is 0.00531. The van der Waals surface area contributed by atoms with Gasteiger partial charge in [-0.3, -0.25) is 13.9 Å². The summed E-state index contributed by atoms with van der Waals surface area (Å²) in [6.45, 7) is 11.3. The fourth-order valence-electron chi connectivity index (χ4n) is 4.58. The van der Waals surface area contributed by atoms with E-state index in [0.29, 0.717) is 21.3 Å². The molecular formula is C33H41Cl2N3O4S. The van der Waals surface area contributed by atoms with Gasteiger partial charge in [0.05, 0.1) is 22.0 Å². The molecule has 0 unspecified atom stereocenters.